The van der Waals surface area contributed by atoms with Gasteiger partial charge in [0.25, 0.3) is 0 Å². The van der Waals surface area contributed by atoms with Crippen LogP contribution < -0.4 is 5.32 Å². The molecule has 0 amide bonds. The molecule has 0 bridgehead atoms. The average Bonchev–Trinajstić information content (AvgIpc) is 2.27. The van der Waals surface area contributed by atoms with Crippen molar-refractivity contribution in [1.29, 1.82) is 0 Å². The van der Waals surface area contributed by atoms with Gasteiger partial charge in [-0.15, -0.1) is 0 Å². The first-order valence-corrected chi connectivity index (χ1v) is 6.63. The van der Waals surface area contributed by atoms with Crippen molar-refractivity contribution in [3.8, 4) is 0 Å². The molecule has 1 N–H and O–H groups in total. The molecule has 1 rings (SSSR count). The molecule has 96 valence electrons. The van der Waals surface area contributed by atoms with Crippen molar-refractivity contribution in [2.45, 2.75) is 58.9 Å². The van der Waals surface area contributed by atoms with Crippen LogP contribution in [-0.4, -0.2) is 7.05 Å². The fourth-order valence-corrected chi connectivity index (χ4v) is 2.40. The Bertz CT molecular complexity index is 349. The van der Waals surface area contributed by atoms with Crippen molar-refractivity contribution < 1.29 is 0 Å². The first kappa shape index (κ1) is 14.2. The van der Waals surface area contributed by atoms with E-state index in [1.165, 1.54) is 16.7 Å². The number of nitrogens with one attached hydrogen (secondary N) is 1. The van der Waals surface area contributed by atoms with Crippen molar-refractivity contribution in [2.75, 3.05) is 7.05 Å². The lowest BCUT2D eigenvalue weighted by Gasteiger charge is -2.32. The molecule has 1 aromatic carbocycles. The van der Waals surface area contributed by atoms with E-state index in [4.69, 9.17) is 0 Å². The zero-order valence-corrected chi connectivity index (χ0v) is 12.4. The van der Waals surface area contributed by atoms with Crippen LogP contribution in [0.1, 0.15) is 70.1 Å². The van der Waals surface area contributed by atoms with E-state index in [1.54, 1.807) is 0 Å². The highest BCUT2D eigenvalue weighted by molar-refractivity contribution is 5.43. The second-order valence-corrected chi connectivity index (χ2v) is 6.00. The van der Waals surface area contributed by atoms with Gasteiger partial charge in [0, 0.05) is 5.54 Å². The molecule has 0 aliphatic rings. The third-order valence-corrected chi connectivity index (χ3v) is 3.62. The van der Waals surface area contributed by atoms with E-state index in [0.29, 0.717) is 11.8 Å². The van der Waals surface area contributed by atoms with Gasteiger partial charge in [0.15, 0.2) is 0 Å². The van der Waals surface area contributed by atoms with Crippen LogP contribution in [0.4, 0.5) is 0 Å². The van der Waals surface area contributed by atoms with Crippen molar-refractivity contribution in [3.63, 3.8) is 0 Å². The van der Waals surface area contributed by atoms with Gasteiger partial charge in [-0.05, 0) is 49.4 Å². The van der Waals surface area contributed by atoms with Crippen LogP contribution in [-0.2, 0) is 5.54 Å². The Labute approximate surface area is 107 Å². The van der Waals surface area contributed by atoms with Crippen LogP contribution >= 0.6 is 0 Å². The molecule has 0 unspecified atom stereocenters. The van der Waals surface area contributed by atoms with Crippen molar-refractivity contribution in [2.24, 2.45) is 0 Å². The van der Waals surface area contributed by atoms with Crippen LogP contribution in [0.5, 0.6) is 0 Å². The Hall–Kier alpha value is -0.820. The zero-order chi connectivity index (χ0) is 13.2. The van der Waals surface area contributed by atoms with Gasteiger partial charge < -0.3 is 5.32 Å². The second-order valence-electron chi connectivity index (χ2n) is 6.00. The molecular weight excluding hydrogens is 206 g/mol. The number of hydrogen-bond acceptors (Lipinski definition) is 1. The molecule has 0 saturated carbocycles. The van der Waals surface area contributed by atoms with Crippen LogP contribution in [0.3, 0.4) is 0 Å². The third-order valence-electron chi connectivity index (χ3n) is 3.62. The molecule has 0 atom stereocenters. The van der Waals surface area contributed by atoms with Gasteiger partial charge in [0.2, 0.25) is 0 Å². The highest BCUT2D eigenvalue weighted by Gasteiger charge is 2.26. The van der Waals surface area contributed by atoms with Gasteiger partial charge in [-0.25, -0.2) is 0 Å². The molecule has 0 spiro atoms. The minimum atomic E-state index is 0.0282. The fourth-order valence-electron chi connectivity index (χ4n) is 2.40. The van der Waals surface area contributed by atoms with Gasteiger partial charge in [-0.3, -0.25) is 0 Å². The predicted molar refractivity (Wildman–Crippen MR) is 76.7 cm³/mol. The van der Waals surface area contributed by atoms with Gasteiger partial charge >= 0.3 is 0 Å². The maximum atomic E-state index is 3.45. The molecule has 0 aliphatic heterocycles. The summed E-state index contributed by atoms with van der Waals surface area (Å²) in [5, 5.41) is 3.45. The molecule has 1 nitrogen and oxygen atoms in total. The van der Waals surface area contributed by atoms with E-state index in [9.17, 15) is 0 Å². The summed E-state index contributed by atoms with van der Waals surface area (Å²) in [7, 11) is 2.04. The minimum Gasteiger partial charge on any atom is -0.311 e. The van der Waals surface area contributed by atoms with Crippen LogP contribution in [0.25, 0.3) is 0 Å². The van der Waals surface area contributed by atoms with E-state index in [1.807, 2.05) is 7.05 Å². The van der Waals surface area contributed by atoms with E-state index < -0.39 is 0 Å². The van der Waals surface area contributed by atoms with Crippen molar-refractivity contribution >= 4 is 0 Å². The first-order valence-electron chi connectivity index (χ1n) is 6.63. The molecular formula is C16H27N. The monoisotopic (exact) mass is 233 g/mol. The summed E-state index contributed by atoms with van der Waals surface area (Å²) in [5.41, 5.74) is 4.44. The summed E-state index contributed by atoms with van der Waals surface area (Å²) in [5.74, 6) is 1.13. The molecule has 0 fully saturated rings. The highest BCUT2D eigenvalue weighted by atomic mass is 14.9. The largest absolute Gasteiger partial charge is 0.311 e. The predicted octanol–water partition coefficient (Wildman–Crippen LogP) is 4.39. The smallest absolute Gasteiger partial charge is 0.0380 e. The van der Waals surface area contributed by atoms with Crippen LogP contribution in [0.15, 0.2) is 18.2 Å². The van der Waals surface area contributed by atoms with Gasteiger partial charge in [-0.1, -0.05) is 45.9 Å². The summed E-state index contributed by atoms with van der Waals surface area (Å²) in [6.07, 6.45) is 0. The van der Waals surface area contributed by atoms with Gasteiger partial charge in [-0.2, -0.15) is 0 Å². The Morgan fingerprint density at radius 3 is 1.65 bits per heavy atom. The third kappa shape index (κ3) is 2.90. The lowest BCUT2D eigenvalue weighted by atomic mass is 9.79. The molecule has 0 radical (unpaired) electrons. The van der Waals surface area contributed by atoms with E-state index in [-0.39, 0.29) is 5.54 Å². The maximum absolute atomic E-state index is 3.45. The number of rotatable bonds is 4. The molecule has 0 aliphatic carbocycles. The molecule has 0 heterocycles. The first-order chi connectivity index (χ1) is 7.81. The van der Waals surface area contributed by atoms with E-state index in [2.05, 4.69) is 65.1 Å². The van der Waals surface area contributed by atoms with Gasteiger partial charge in [0.1, 0.15) is 0 Å². The zero-order valence-electron chi connectivity index (χ0n) is 12.4. The molecule has 0 saturated heterocycles. The fraction of sp³-hybridized carbons (Fsp3) is 0.625. The Morgan fingerprint density at radius 1 is 0.941 bits per heavy atom. The average molecular weight is 233 g/mol. The standard InChI is InChI=1S/C16H27N/c1-11(2)13-9-8-10-14(12(3)4)15(13)16(5,6)17-7/h8-12,17H,1-7H3. The van der Waals surface area contributed by atoms with E-state index >= 15 is 0 Å². The molecule has 1 aromatic rings. The lowest BCUT2D eigenvalue weighted by Crippen LogP contribution is -2.35. The van der Waals surface area contributed by atoms with Gasteiger partial charge in [0.05, 0.1) is 0 Å². The number of benzene rings is 1. The molecule has 0 aromatic heterocycles. The second kappa shape index (κ2) is 5.22. The maximum Gasteiger partial charge on any atom is 0.0380 e. The van der Waals surface area contributed by atoms with Crippen LogP contribution in [0.2, 0.25) is 0 Å². The number of hydrogen-bond donors (Lipinski definition) is 1. The quantitative estimate of drug-likeness (QED) is 0.813. The summed E-state index contributed by atoms with van der Waals surface area (Å²) in [6.45, 7) is 13.6. The summed E-state index contributed by atoms with van der Waals surface area (Å²) < 4.78 is 0. The van der Waals surface area contributed by atoms with Crippen LogP contribution in [0, 0.1) is 0 Å². The highest BCUT2D eigenvalue weighted by Crippen LogP contribution is 2.35. The lowest BCUT2D eigenvalue weighted by molar-refractivity contribution is 0.432. The summed E-state index contributed by atoms with van der Waals surface area (Å²) >= 11 is 0. The Morgan fingerprint density at radius 2 is 1.35 bits per heavy atom. The molecule has 1 heteroatoms. The summed E-state index contributed by atoms with van der Waals surface area (Å²) in [6, 6.07) is 6.73. The summed E-state index contributed by atoms with van der Waals surface area (Å²) in [4.78, 5) is 0. The molecule has 17 heavy (non-hydrogen) atoms. The Balaban J connectivity index is 3.50. The van der Waals surface area contributed by atoms with Crippen molar-refractivity contribution in [3.05, 3.63) is 34.9 Å². The SMILES string of the molecule is CNC(C)(C)c1c(C(C)C)cccc1C(C)C. The Kier molecular flexibility index (Phi) is 4.37. The minimum absolute atomic E-state index is 0.0282. The normalized spacial score (nSPS) is 12.5. The van der Waals surface area contributed by atoms with Crippen molar-refractivity contribution in [1.82, 2.24) is 5.32 Å². The topological polar surface area (TPSA) is 12.0 Å². The van der Waals surface area contributed by atoms with E-state index in [0.717, 1.165) is 0 Å².